The van der Waals surface area contributed by atoms with E-state index in [2.05, 4.69) is 41.8 Å². The van der Waals surface area contributed by atoms with Gasteiger partial charge in [-0.1, -0.05) is 34.9 Å². The average molecular weight is 468 g/mol. The van der Waals surface area contributed by atoms with Gasteiger partial charge in [-0.3, -0.25) is 4.52 Å². The number of halogens is 1. The Kier molecular flexibility index (Phi) is 13.9. The van der Waals surface area contributed by atoms with Gasteiger partial charge in [0.05, 0.1) is 12.4 Å². The van der Waals surface area contributed by atoms with E-state index in [0.717, 1.165) is 19.3 Å². The maximum Gasteiger partial charge on any atom is 0.481 e. The fourth-order valence-electron chi connectivity index (χ4n) is 2.42. The van der Waals surface area contributed by atoms with Crippen LogP contribution in [0.2, 0.25) is 0 Å². The highest BCUT2D eigenvalue weighted by molar-refractivity contribution is 7.60. The normalized spacial score (nSPS) is 16.2. The van der Waals surface area contributed by atoms with Gasteiger partial charge in [-0.15, -0.1) is 0 Å². The molecule has 0 aliphatic carbocycles. The molecule has 0 bridgehead atoms. The van der Waals surface area contributed by atoms with E-state index in [1.165, 1.54) is 17.2 Å². The summed E-state index contributed by atoms with van der Waals surface area (Å²) in [6.07, 6.45) is 9.82. The summed E-state index contributed by atoms with van der Waals surface area (Å²) in [5.74, 6) is -0.183. The van der Waals surface area contributed by atoms with Gasteiger partial charge in [0.1, 0.15) is 0 Å². The standard InChI is InChI=1S/C20H35FO7P2/c1-16(2)8-6-9-17(3)10-7-11-19(5)20(21)13-12-18(4)14-15-27-30(25,26)28-29(22,23)24/h8,10,14H,6-7,9,11-13,15H2,1-5H3,(H,25,26)(H2,22,23,24). The molecule has 0 aromatic heterocycles. The van der Waals surface area contributed by atoms with Crippen molar-refractivity contribution < 1.29 is 37.0 Å². The zero-order valence-electron chi connectivity index (χ0n) is 18.4. The summed E-state index contributed by atoms with van der Waals surface area (Å²) < 4.78 is 44.3. The third kappa shape index (κ3) is 16.9. The molecule has 0 aromatic rings. The lowest BCUT2D eigenvalue weighted by Crippen LogP contribution is -1.95. The second-order valence-corrected chi connectivity index (χ2v) is 10.3. The van der Waals surface area contributed by atoms with Crippen LogP contribution in [0.5, 0.6) is 0 Å². The molecular weight excluding hydrogens is 433 g/mol. The van der Waals surface area contributed by atoms with Crippen LogP contribution in [0.15, 0.2) is 46.3 Å². The third-order valence-electron chi connectivity index (χ3n) is 4.18. The van der Waals surface area contributed by atoms with Crippen LogP contribution >= 0.6 is 15.6 Å². The van der Waals surface area contributed by atoms with Gasteiger partial charge in [0, 0.05) is 6.42 Å². The van der Waals surface area contributed by atoms with Crippen LogP contribution < -0.4 is 0 Å². The molecular formula is C20H35FO7P2. The van der Waals surface area contributed by atoms with Crippen LogP contribution in [-0.2, 0) is 18.0 Å². The molecule has 1 atom stereocenters. The van der Waals surface area contributed by atoms with E-state index in [1.54, 1.807) is 13.8 Å². The molecule has 7 nitrogen and oxygen atoms in total. The zero-order chi connectivity index (χ0) is 23.4. The van der Waals surface area contributed by atoms with Crippen molar-refractivity contribution >= 4 is 15.6 Å². The summed E-state index contributed by atoms with van der Waals surface area (Å²) in [6, 6.07) is 0. The molecule has 0 radical (unpaired) electrons. The highest BCUT2D eigenvalue weighted by Crippen LogP contribution is 2.57. The number of hydrogen-bond acceptors (Lipinski definition) is 4. The first kappa shape index (κ1) is 29.1. The summed E-state index contributed by atoms with van der Waals surface area (Å²) in [4.78, 5) is 26.2. The minimum Gasteiger partial charge on any atom is -0.302 e. The molecule has 0 rings (SSSR count). The summed E-state index contributed by atoms with van der Waals surface area (Å²) in [6.45, 7) is 9.32. The predicted octanol–water partition coefficient (Wildman–Crippen LogP) is 6.66. The molecule has 0 spiro atoms. The fraction of sp³-hybridized carbons (Fsp3) is 0.600. The van der Waals surface area contributed by atoms with Crippen molar-refractivity contribution in [3.63, 3.8) is 0 Å². The van der Waals surface area contributed by atoms with E-state index in [4.69, 9.17) is 14.7 Å². The Balaban J connectivity index is 4.41. The van der Waals surface area contributed by atoms with Gasteiger partial charge >= 0.3 is 15.6 Å². The summed E-state index contributed by atoms with van der Waals surface area (Å²) in [5.41, 5.74) is 4.01. The predicted molar refractivity (Wildman–Crippen MR) is 117 cm³/mol. The Labute approximate surface area is 179 Å². The highest BCUT2D eigenvalue weighted by Gasteiger charge is 2.31. The van der Waals surface area contributed by atoms with Crippen LogP contribution in [0.1, 0.15) is 73.1 Å². The van der Waals surface area contributed by atoms with Gasteiger partial charge in [0.25, 0.3) is 0 Å². The Bertz CT molecular complexity index is 759. The van der Waals surface area contributed by atoms with Gasteiger partial charge in [-0.05, 0) is 72.3 Å². The maximum atomic E-state index is 14.3. The van der Waals surface area contributed by atoms with Gasteiger partial charge in [-0.25, -0.2) is 13.5 Å². The SMILES string of the molecule is CC(C)=CCCC(C)=CCCC(C)=C(F)CCC(C)=CCOP(=O)(O)OP(=O)(O)O. The maximum absolute atomic E-state index is 14.3. The molecule has 0 aromatic carbocycles. The quantitative estimate of drug-likeness (QED) is 0.193. The van der Waals surface area contributed by atoms with E-state index >= 15 is 0 Å². The summed E-state index contributed by atoms with van der Waals surface area (Å²) >= 11 is 0. The van der Waals surface area contributed by atoms with Crippen molar-refractivity contribution in [3.8, 4) is 0 Å². The molecule has 3 N–H and O–H groups in total. The highest BCUT2D eigenvalue weighted by atomic mass is 31.3. The third-order valence-corrected chi connectivity index (χ3v) is 6.34. The molecule has 0 saturated carbocycles. The minimum atomic E-state index is -5.13. The fourth-order valence-corrected chi connectivity index (χ4v) is 3.94. The number of phosphoric acid groups is 2. The van der Waals surface area contributed by atoms with Crippen molar-refractivity contribution in [3.05, 3.63) is 46.3 Å². The van der Waals surface area contributed by atoms with E-state index in [0.29, 0.717) is 24.0 Å². The van der Waals surface area contributed by atoms with E-state index in [-0.39, 0.29) is 18.9 Å². The molecule has 0 aliphatic rings. The van der Waals surface area contributed by atoms with Crippen LogP contribution in [0.25, 0.3) is 0 Å². The Hall–Kier alpha value is -0.850. The lowest BCUT2D eigenvalue weighted by molar-refractivity contribution is 0.191. The molecule has 0 amide bonds. The lowest BCUT2D eigenvalue weighted by Gasteiger charge is -2.11. The largest absolute Gasteiger partial charge is 0.481 e. The van der Waals surface area contributed by atoms with E-state index < -0.39 is 15.6 Å². The average Bonchev–Trinajstić information content (AvgIpc) is 2.56. The molecule has 174 valence electrons. The lowest BCUT2D eigenvalue weighted by atomic mass is 10.0. The smallest absolute Gasteiger partial charge is 0.302 e. The Morgan fingerprint density at radius 1 is 0.833 bits per heavy atom. The Morgan fingerprint density at radius 3 is 1.97 bits per heavy atom. The molecule has 0 saturated heterocycles. The van der Waals surface area contributed by atoms with Crippen molar-refractivity contribution in [1.29, 1.82) is 0 Å². The van der Waals surface area contributed by atoms with Crippen LogP contribution in [0.3, 0.4) is 0 Å². The van der Waals surface area contributed by atoms with Gasteiger partial charge in [0.2, 0.25) is 0 Å². The van der Waals surface area contributed by atoms with E-state index in [1.807, 2.05) is 0 Å². The first-order valence-electron chi connectivity index (χ1n) is 9.75. The monoisotopic (exact) mass is 468 g/mol. The van der Waals surface area contributed by atoms with Crippen molar-refractivity contribution in [2.24, 2.45) is 0 Å². The van der Waals surface area contributed by atoms with Crippen LogP contribution in [-0.4, -0.2) is 21.3 Å². The second-order valence-electron chi connectivity index (χ2n) is 7.48. The second kappa shape index (κ2) is 14.3. The first-order chi connectivity index (χ1) is 13.7. The zero-order valence-corrected chi connectivity index (χ0v) is 20.2. The minimum absolute atomic E-state index is 0.183. The van der Waals surface area contributed by atoms with Crippen molar-refractivity contribution in [2.45, 2.75) is 73.1 Å². The number of phosphoric ester groups is 1. The van der Waals surface area contributed by atoms with Crippen molar-refractivity contribution in [2.75, 3.05) is 6.61 Å². The number of hydrogen-bond donors (Lipinski definition) is 3. The molecule has 30 heavy (non-hydrogen) atoms. The molecule has 10 heteroatoms. The molecule has 0 fully saturated rings. The van der Waals surface area contributed by atoms with Gasteiger partial charge < -0.3 is 14.7 Å². The number of allylic oxidation sites excluding steroid dienone is 7. The van der Waals surface area contributed by atoms with Gasteiger partial charge in [-0.2, -0.15) is 4.31 Å². The molecule has 1 unspecified atom stereocenters. The number of rotatable bonds is 14. The first-order valence-corrected chi connectivity index (χ1v) is 12.8. The Morgan fingerprint density at radius 2 is 1.40 bits per heavy atom. The van der Waals surface area contributed by atoms with Crippen molar-refractivity contribution in [1.82, 2.24) is 0 Å². The summed E-state index contributed by atoms with van der Waals surface area (Å²) in [5, 5.41) is 0. The van der Waals surface area contributed by atoms with Crippen LogP contribution in [0, 0.1) is 0 Å². The topological polar surface area (TPSA) is 113 Å². The molecule has 0 aliphatic heterocycles. The van der Waals surface area contributed by atoms with E-state index in [9.17, 15) is 13.5 Å². The van der Waals surface area contributed by atoms with Crippen LogP contribution in [0.4, 0.5) is 4.39 Å². The summed E-state index contributed by atoms with van der Waals surface area (Å²) in [7, 11) is -9.99. The molecule has 0 heterocycles. The van der Waals surface area contributed by atoms with Gasteiger partial charge in [0.15, 0.2) is 0 Å².